The third-order valence-corrected chi connectivity index (χ3v) is 7.20. The normalized spacial score (nSPS) is 13.8. The van der Waals surface area contributed by atoms with Crippen molar-refractivity contribution in [1.82, 2.24) is 29.6 Å². The van der Waals surface area contributed by atoms with Crippen LogP contribution in [0.3, 0.4) is 0 Å². The van der Waals surface area contributed by atoms with Crippen molar-refractivity contribution in [1.29, 1.82) is 0 Å². The molecule has 5 rings (SSSR count). The number of nitrogens with zero attached hydrogens (tertiary/aromatic N) is 5. The molecule has 0 fully saturated rings. The lowest BCUT2D eigenvalue weighted by atomic mass is 10.0. The summed E-state index contributed by atoms with van der Waals surface area (Å²) in [5.41, 5.74) is 5.00. The number of pyridine rings is 1. The number of hydrogen-bond donors (Lipinski definition) is 2. The molecule has 0 aliphatic carbocycles. The smallest absolute Gasteiger partial charge is 0.278 e. The van der Waals surface area contributed by atoms with Gasteiger partial charge < -0.3 is 15.2 Å². The Hall–Kier alpha value is -3.29. The first-order chi connectivity index (χ1) is 15.8. The molecule has 3 aromatic heterocycles. The van der Waals surface area contributed by atoms with Gasteiger partial charge in [-0.25, -0.2) is 14.3 Å². The number of nitrogens with one attached hydrogen (secondary N) is 2. The van der Waals surface area contributed by atoms with Gasteiger partial charge in [0.05, 0.1) is 5.69 Å². The Kier molecular flexibility index (Phi) is 5.38. The van der Waals surface area contributed by atoms with Crippen molar-refractivity contribution in [2.24, 2.45) is 0 Å². The van der Waals surface area contributed by atoms with E-state index in [1.54, 1.807) is 47.2 Å². The molecule has 4 heterocycles. The van der Waals surface area contributed by atoms with Crippen LogP contribution in [0.15, 0.2) is 47.5 Å². The third-order valence-electron chi connectivity index (χ3n) is 5.85. The Morgan fingerprint density at radius 3 is 2.79 bits per heavy atom. The molecule has 1 aliphatic rings. The van der Waals surface area contributed by atoms with E-state index in [-0.39, 0.29) is 5.56 Å². The Labute approximate surface area is 191 Å². The van der Waals surface area contributed by atoms with Gasteiger partial charge in [0.1, 0.15) is 18.0 Å². The summed E-state index contributed by atoms with van der Waals surface area (Å²) < 4.78 is 16.0. The van der Waals surface area contributed by atoms with E-state index in [9.17, 15) is 9.36 Å². The maximum atomic E-state index is 13.0. The third kappa shape index (κ3) is 3.98. The lowest BCUT2D eigenvalue weighted by molar-refractivity contribution is 0.574. The van der Waals surface area contributed by atoms with Gasteiger partial charge >= 0.3 is 0 Å². The molecular weight excluding hydrogens is 437 g/mol. The average molecular weight is 463 g/mol. The van der Waals surface area contributed by atoms with Gasteiger partial charge in [-0.2, -0.15) is 4.98 Å². The van der Waals surface area contributed by atoms with Crippen molar-refractivity contribution in [3.8, 4) is 5.69 Å². The van der Waals surface area contributed by atoms with Gasteiger partial charge in [-0.1, -0.05) is 6.07 Å². The lowest BCUT2D eigenvalue weighted by Crippen LogP contribution is -2.23. The number of fused-ring (bicyclic) bond motifs is 2. The molecule has 1 aliphatic heterocycles. The van der Waals surface area contributed by atoms with Crippen molar-refractivity contribution in [3.63, 3.8) is 0 Å². The van der Waals surface area contributed by atoms with E-state index in [0.717, 1.165) is 25.2 Å². The molecular formula is C23H26N7O2P. The molecule has 0 saturated carbocycles. The zero-order valence-corrected chi connectivity index (χ0v) is 19.8. The van der Waals surface area contributed by atoms with E-state index in [1.165, 1.54) is 11.1 Å². The molecule has 0 atom stereocenters. The van der Waals surface area contributed by atoms with E-state index < -0.39 is 7.14 Å². The maximum Gasteiger partial charge on any atom is 0.278 e. The van der Waals surface area contributed by atoms with Gasteiger partial charge in [0.2, 0.25) is 5.95 Å². The predicted molar refractivity (Wildman–Crippen MR) is 131 cm³/mol. The monoisotopic (exact) mass is 463 g/mol. The van der Waals surface area contributed by atoms with Crippen LogP contribution in [-0.2, 0) is 24.1 Å². The standard InChI is InChI=1S/C23H26N7O2P/c1-4-29-22(31)19-14-26-23(27-17-6-5-15-7-9-24-13-16(15)11-17)28-21(19)30(29)18-8-10-25-20(12-18)33(2,3)32/h5-6,8,10-12,14,24H,4,7,9,13H2,1-3H3,(H,26,27,28). The van der Waals surface area contributed by atoms with Crippen LogP contribution in [-0.4, -0.2) is 44.2 Å². The molecule has 0 radical (unpaired) electrons. The van der Waals surface area contributed by atoms with E-state index >= 15 is 0 Å². The van der Waals surface area contributed by atoms with Gasteiger partial charge in [0, 0.05) is 31.2 Å². The van der Waals surface area contributed by atoms with Gasteiger partial charge in [-0.05, 0) is 68.6 Å². The molecule has 9 nitrogen and oxygen atoms in total. The van der Waals surface area contributed by atoms with Crippen LogP contribution in [0, 0.1) is 0 Å². The van der Waals surface area contributed by atoms with Crippen LogP contribution in [0.5, 0.6) is 0 Å². The molecule has 0 amide bonds. The molecule has 33 heavy (non-hydrogen) atoms. The topological polar surface area (TPSA) is 107 Å². The zero-order valence-electron chi connectivity index (χ0n) is 18.9. The second-order valence-electron chi connectivity index (χ2n) is 8.52. The number of anilines is 2. The molecule has 170 valence electrons. The molecule has 10 heteroatoms. The Morgan fingerprint density at radius 1 is 1.15 bits per heavy atom. The van der Waals surface area contributed by atoms with Gasteiger partial charge in [-0.15, -0.1) is 0 Å². The van der Waals surface area contributed by atoms with Crippen molar-refractivity contribution in [2.45, 2.75) is 26.4 Å². The van der Waals surface area contributed by atoms with Crippen molar-refractivity contribution >= 4 is 35.2 Å². The van der Waals surface area contributed by atoms with Crippen LogP contribution in [0.1, 0.15) is 18.1 Å². The second kappa shape index (κ2) is 8.24. The van der Waals surface area contributed by atoms with Gasteiger partial charge in [0.25, 0.3) is 5.56 Å². The quantitative estimate of drug-likeness (QED) is 0.438. The summed E-state index contributed by atoms with van der Waals surface area (Å²) in [6.45, 7) is 7.54. The van der Waals surface area contributed by atoms with Gasteiger partial charge in [-0.3, -0.25) is 9.78 Å². The first-order valence-corrected chi connectivity index (χ1v) is 13.6. The molecule has 0 unspecified atom stereocenters. The molecule has 0 bridgehead atoms. The number of hydrogen-bond acceptors (Lipinski definition) is 7. The van der Waals surface area contributed by atoms with Crippen LogP contribution in [0.4, 0.5) is 11.6 Å². The first-order valence-electron chi connectivity index (χ1n) is 10.9. The Bertz CT molecular complexity index is 1470. The fourth-order valence-corrected chi connectivity index (χ4v) is 4.95. The maximum absolute atomic E-state index is 13.0. The van der Waals surface area contributed by atoms with E-state index in [1.807, 2.05) is 13.0 Å². The van der Waals surface area contributed by atoms with Crippen LogP contribution in [0.2, 0.25) is 0 Å². The number of aromatic nitrogens is 5. The van der Waals surface area contributed by atoms with Crippen LogP contribution in [0.25, 0.3) is 16.7 Å². The van der Waals surface area contributed by atoms with E-state index in [4.69, 9.17) is 4.98 Å². The van der Waals surface area contributed by atoms with Crippen LogP contribution < -0.4 is 21.6 Å². The highest BCUT2D eigenvalue weighted by Crippen LogP contribution is 2.34. The van der Waals surface area contributed by atoms with Crippen molar-refractivity contribution < 1.29 is 4.57 Å². The van der Waals surface area contributed by atoms with Crippen molar-refractivity contribution in [2.75, 3.05) is 25.2 Å². The SMILES string of the molecule is CCn1c(=O)c2cnc(Nc3ccc4c(c3)CNCC4)nc2n1-c1ccnc(P(C)(C)=O)c1. The van der Waals surface area contributed by atoms with E-state index in [2.05, 4.69) is 32.7 Å². The fourth-order valence-electron chi connectivity index (χ4n) is 4.16. The molecule has 0 saturated heterocycles. The molecule has 1 aromatic carbocycles. The predicted octanol–water partition coefficient (Wildman–Crippen LogP) is 2.63. The summed E-state index contributed by atoms with van der Waals surface area (Å²) in [6.07, 6.45) is 4.19. The van der Waals surface area contributed by atoms with Crippen molar-refractivity contribution in [3.05, 3.63) is 64.2 Å². The Balaban J connectivity index is 1.61. The summed E-state index contributed by atoms with van der Waals surface area (Å²) in [4.78, 5) is 26.4. The fraction of sp³-hybridized carbons (Fsp3) is 0.304. The number of rotatable bonds is 5. The largest absolute Gasteiger partial charge is 0.324 e. The highest BCUT2D eigenvalue weighted by Gasteiger charge is 2.19. The minimum atomic E-state index is -2.57. The second-order valence-corrected chi connectivity index (χ2v) is 11.7. The lowest BCUT2D eigenvalue weighted by Gasteiger charge is -2.18. The van der Waals surface area contributed by atoms with E-state index in [0.29, 0.717) is 34.6 Å². The summed E-state index contributed by atoms with van der Waals surface area (Å²) >= 11 is 0. The summed E-state index contributed by atoms with van der Waals surface area (Å²) in [7, 11) is -2.57. The van der Waals surface area contributed by atoms with Gasteiger partial charge in [0.15, 0.2) is 5.65 Å². The first kappa shape index (κ1) is 21.6. The molecule has 4 aromatic rings. The summed E-state index contributed by atoms with van der Waals surface area (Å²) in [5, 5.41) is 7.09. The summed E-state index contributed by atoms with van der Waals surface area (Å²) in [6, 6.07) is 9.81. The molecule has 2 N–H and O–H groups in total. The highest BCUT2D eigenvalue weighted by molar-refractivity contribution is 7.69. The minimum Gasteiger partial charge on any atom is -0.324 e. The minimum absolute atomic E-state index is 0.173. The zero-order chi connectivity index (χ0) is 23.2. The Morgan fingerprint density at radius 2 is 2.00 bits per heavy atom. The van der Waals surface area contributed by atoms with Crippen LogP contribution >= 0.6 is 7.14 Å². The number of benzene rings is 1. The summed E-state index contributed by atoms with van der Waals surface area (Å²) in [5.74, 6) is 0.402. The molecule has 0 spiro atoms. The average Bonchev–Trinajstić information content (AvgIpc) is 3.09. The highest BCUT2D eigenvalue weighted by atomic mass is 31.2.